The molecule has 0 saturated carbocycles. The molecule has 2 heterocycles. The van der Waals surface area contributed by atoms with E-state index in [1.54, 1.807) is 0 Å². The average molecular weight is 526 g/mol. The number of hydrogen-bond donors (Lipinski definition) is 0. The Hall–Kier alpha value is -3.02. The van der Waals surface area contributed by atoms with Crippen molar-refractivity contribution in [2.24, 2.45) is 4.63 Å². The number of ether oxygens (including phenoxy) is 1. The molecule has 4 aromatic rings. The lowest BCUT2D eigenvalue weighted by atomic mass is 9.78. The van der Waals surface area contributed by atoms with E-state index in [4.69, 9.17) is 9.37 Å². The normalized spacial score (nSPS) is 14.1. The number of hydrogen-bond acceptors (Lipinski definition) is 2. The Morgan fingerprint density at radius 2 is 0.921 bits per heavy atom. The summed E-state index contributed by atoms with van der Waals surface area (Å²) >= 11 is 0. The van der Waals surface area contributed by atoms with Gasteiger partial charge in [-0.2, -0.15) is 0 Å². The summed E-state index contributed by atoms with van der Waals surface area (Å²) in [6.45, 7) is 15.7. The van der Waals surface area contributed by atoms with Crippen molar-refractivity contribution in [1.29, 1.82) is 0 Å². The fourth-order valence-corrected chi connectivity index (χ4v) is 7.66. The van der Waals surface area contributed by atoms with Crippen molar-refractivity contribution in [3.8, 4) is 0 Å². The van der Waals surface area contributed by atoms with E-state index in [2.05, 4.69) is 153 Å². The van der Waals surface area contributed by atoms with Crippen molar-refractivity contribution in [2.75, 3.05) is 13.2 Å². The van der Waals surface area contributed by atoms with Crippen LogP contribution in [0.25, 0.3) is 0 Å². The molecule has 3 aromatic carbocycles. The van der Waals surface area contributed by atoms with Crippen LogP contribution in [-0.2, 0) is 21.4 Å². The van der Waals surface area contributed by atoms with Crippen LogP contribution >= 0.6 is 0 Å². The van der Waals surface area contributed by atoms with Crippen LogP contribution < -0.4 is 0 Å². The van der Waals surface area contributed by atoms with E-state index in [1.807, 2.05) is 0 Å². The van der Waals surface area contributed by atoms with Crippen molar-refractivity contribution in [3.05, 3.63) is 120 Å². The maximum absolute atomic E-state index is 5.90. The molecule has 0 atom stereocenters. The SMILES string of the molecule is C1CCOC1.CC(C)(C)n1ccn(C(C)(C)C)[si]1=NC(c1ccccc1)(c1ccccc1)c1ccccc1. The molecule has 1 aliphatic rings. The van der Waals surface area contributed by atoms with Crippen molar-refractivity contribution >= 4 is 8.53 Å². The molecule has 1 saturated heterocycles. The van der Waals surface area contributed by atoms with Gasteiger partial charge in [0.2, 0.25) is 0 Å². The van der Waals surface area contributed by atoms with Crippen molar-refractivity contribution < 1.29 is 4.74 Å². The zero-order valence-electron chi connectivity index (χ0n) is 23.9. The molecule has 0 amide bonds. The Labute approximate surface area is 230 Å². The first-order chi connectivity index (χ1) is 18.1. The van der Waals surface area contributed by atoms with Gasteiger partial charge in [0.1, 0.15) is 5.54 Å². The summed E-state index contributed by atoms with van der Waals surface area (Å²) in [5.74, 6) is 0. The average Bonchev–Trinajstić information content (AvgIpc) is 3.62. The highest BCUT2D eigenvalue weighted by Crippen LogP contribution is 2.40. The largest absolute Gasteiger partial charge is 0.381 e. The molecule has 0 N–H and O–H groups in total. The number of rotatable bonds is 4. The number of nitrogens with zero attached hydrogens (tertiary/aromatic N) is 3. The summed E-state index contributed by atoms with van der Waals surface area (Å²) in [6.07, 6.45) is 7.05. The molecule has 0 aliphatic carbocycles. The van der Waals surface area contributed by atoms with Gasteiger partial charge in [0.15, 0.2) is 0 Å². The minimum Gasteiger partial charge on any atom is -0.381 e. The Morgan fingerprint density at radius 3 is 1.18 bits per heavy atom. The van der Waals surface area contributed by atoms with E-state index in [9.17, 15) is 0 Å². The third kappa shape index (κ3) is 6.16. The van der Waals surface area contributed by atoms with Gasteiger partial charge in [0, 0.05) is 36.7 Å². The maximum Gasteiger partial charge on any atom is 0.379 e. The number of benzene rings is 3. The van der Waals surface area contributed by atoms with Crippen LogP contribution in [0.5, 0.6) is 0 Å². The first-order valence-electron chi connectivity index (χ1n) is 13.8. The Balaban J connectivity index is 0.000000603. The molecule has 5 heteroatoms. The molecule has 38 heavy (non-hydrogen) atoms. The fraction of sp³-hybridized carbons (Fsp3) is 0.394. The predicted octanol–water partition coefficient (Wildman–Crippen LogP) is 7.93. The summed E-state index contributed by atoms with van der Waals surface area (Å²) in [7, 11) is -1.52. The van der Waals surface area contributed by atoms with E-state index in [1.165, 1.54) is 29.5 Å². The molecule has 4 nitrogen and oxygen atoms in total. The van der Waals surface area contributed by atoms with Crippen LogP contribution in [0.4, 0.5) is 0 Å². The molecule has 1 aliphatic heterocycles. The molecule has 200 valence electrons. The van der Waals surface area contributed by atoms with Crippen LogP contribution in [-0.4, -0.2) is 30.2 Å². The van der Waals surface area contributed by atoms with Crippen LogP contribution in [0.1, 0.15) is 71.1 Å². The first kappa shape index (κ1) is 28.0. The molecule has 1 fully saturated rings. The molecule has 0 bridgehead atoms. The monoisotopic (exact) mass is 525 g/mol. The second-order valence-electron chi connectivity index (χ2n) is 11.9. The molecule has 0 radical (unpaired) electrons. The third-order valence-corrected chi connectivity index (χ3v) is 9.95. The topological polar surface area (TPSA) is 31.4 Å². The smallest absolute Gasteiger partial charge is 0.379 e. The number of aromatic nitrogens is 2. The van der Waals surface area contributed by atoms with Crippen molar-refractivity contribution in [2.45, 2.75) is 71.0 Å². The molecular weight excluding hydrogens is 482 g/mol. The van der Waals surface area contributed by atoms with E-state index < -0.39 is 14.1 Å². The lowest BCUT2D eigenvalue weighted by Crippen LogP contribution is -2.36. The predicted molar refractivity (Wildman–Crippen MR) is 160 cm³/mol. The van der Waals surface area contributed by atoms with Crippen LogP contribution in [0.2, 0.25) is 0 Å². The van der Waals surface area contributed by atoms with Crippen molar-refractivity contribution in [1.82, 2.24) is 8.44 Å². The minimum absolute atomic E-state index is 0.0376. The van der Waals surface area contributed by atoms with E-state index in [0.717, 1.165) is 13.2 Å². The van der Waals surface area contributed by atoms with Crippen molar-refractivity contribution in [3.63, 3.8) is 0 Å². The summed E-state index contributed by atoms with van der Waals surface area (Å²) in [5, 5.41) is 0. The van der Waals surface area contributed by atoms with Gasteiger partial charge in [0.25, 0.3) is 0 Å². The minimum atomic E-state index is -1.52. The molecular formula is C33H43N3OSi. The second-order valence-corrected chi connectivity index (χ2v) is 13.7. The van der Waals surface area contributed by atoms with Crippen LogP contribution in [0, 0.1) is 0 Å². The zero-order valence-corrected chi connectivity index (χ0v) is 24.9. The van der Waals surface area contributed by atoms with Gasteiger partial charge < -0.3 is 13.2 Å². The molecule has 0 unspecified atom stereocenters. The van der Waals surface area contributed by atoms with Crippen LogP contribution in [0.3, 0.4) is 0 Å². The van der Waals surface area contributed by atoms with E-state index in [-0.39, 0.29) is 11.1 Å². The van der Waals surface area contributed by atoms with Gasteiger partial charge in [-0.3, -0.25) is 4.63 Å². The van der Waals surface area contributed by atoms with Gasteiger partial charge >= 0.3 is 8.53 Å². The third-order valence-electron chi connectivity index (χ3n) is 6.91. The van der Waals surface area contributed by atoms with Gasteiger partial charge in [-0.25, -0.2) is 0 Å². The molecule has 5 rings (SSSR count). The van der Waals surface area contributed by atoms with E-state index >= 15 is 0 Å². The standard InChI is InChI=1S/C29H35N3Si.C4H8O/c1-27(2,3)31-22-23-32(28(4,5)6)33(31)30-29(24-16-10-7-11-17-24,25-18-12-8-13-19-25)26-20-14-9-15-21-26;1-2-4-5-3-1/h7-23H,1-6H3;1-4H2. The van der Waals surface area contributed by atoms with Gasteiger partial charge in [0.05, 0.1) is 0 Å². The molecule has 0 spiro atoms. The highest BCUT2D eigenvalue weighted by Gasteiger charge is 2.37. The summed E-state index contributed by atoms with van der Waals surface area (Å²) in [5.41, 5.74) is 2.88. The first-order valence-corrected chi connectivity index (χ1v) is 15.1. The maximum atomic E-state index is 5.90. The Bertz CT molecular complexity index is 1200. The summed E-state index contributed by atoms with van der Waals surface area (Å²) in [6, 6.07) is 32.3. The quantitative estimate of drug-likeness (QED) is 0.197. The Kier molecular flexibility index (Phi) is 8.69. The van der Waals surface area contributed by atoms with Gasteiger partial charge in [-0.1, -0.05) is 91.0 Å². The highest BCUT2D eigenvalue weighted by molar-refractivity contribution is 6.29. The van der Waals surface area contributed by atoms with Crippen LogP contribution in [0.15, 0.2) is 108 Å². The highest BCUT2D eigenvalue weighted by atomic mass is 28.2. The fourth-order valence-electron chi connectivity index (χ4n) is 4.93. The molecule has 1 aromatic heterocycles. The Morgan fingerprint density at radius 1 is 0.579 bits per heavy atom. The lowest BCUT2D eigenvalue weighted by molar-refractivity contribution is 0.198. The van der Waals surface area contributed by atoms with Gasteiger partial charge in [-0.15, -0.1) is 0 Å². The zero-order chi connectivity index (χ0) is 27.2. The lowest BCUT2D eigenvalue weighted by Gasteiger charge is -2.34. The van der Waals surface area contributed by atoms with Gasteiger partial charge in [-0.05, 0) is 71.1 Å². The summed E-state index contributed by atoms with van der Waals surface area (Å²) < 4.78 is 15.8. The second kappa shape index (κ2) is 11.8. The van der Waals surface area contributed by atoms with E-state index in [0.29, 0.717) is 0 Å². The summed E-state index contributed by atoms with van der Waals surface area (Å²) in [4.78, 5) is 0.